The van der Waals surface area contributed by atoms with Gasteiger partial charge in [0.1, 0.15) is 5.75 Å². The Labute approximate surface area is 76.8 Å². The number of nitrogens with zero attached hydrogens (tertiary/aromatic N) is 1. The predicted octanol–water partition coefficient (Wildman–Crippen LogP) is 1.17. The number of hydrogen-bond donors (Lipinski definition) is 2. The Hall–Kier alpha value is -1.71. The number of amides is 2. The van der Waals surface area contributed by atoms with E-state index < -0.39 is 0 Å². The molecule has 0 aliphatic carbocycles. The summed E-state index contributed by atoms with van der Waals surface area (Å²) >= 11 is 0. The van der Waals surface area contributed by atoms with Crippen LogP contribution in [-0.4, -0.2) is 25.2 Å². The third-order valence-electron chi connectivity index (χ3n) is 1.74. The lowest BCUT2D eigenvalue weighted by Gasteiger charge is -2.16. The summed E-state index contributed by atoms with van der Waals surface area (Å²) in [4.78, 5) is 12.6. The fourth-order valence-electron chi connectivity index (χ4n) is 0.987. The smallest absolute Gasteiger partial charge is 0.321 e. The minimum atomic E-state index is -0.217. The molecule has 0 aliphatic rings. The number of carbonyl (C=O) groups excluding carboxylic acids is 1. The molecule has 0 radical (unpaired) electrons. The van der Waals surface area contributed by atoms with Gasteiger partial charge in [0.15, 0.2) is 0 Å². The minimum absolute atomic E-state index is 0.147. The molecule has 0 saturated heterocycles. The van der Waals surface area contributed by atoms with Crippen LogP contribution in [0.3, 0.4) is 0 Å². The van der Waals surface area contributed by atoms with Gasteiger partial charge in [-0.1, -0.05) is 6.07 Å². The summed E-state index contributed by atoms with van der Waals surface area (Å²) in [5.41, 5.74) is 0.652. The Morgan fingerprint density at radius 2 is 2.23 bits per heavy atom. The van der Waals surface area contributed by atoms with E-state index in [1.807, 2.05) is 0 Å². The van der Waals surface area contributed by atoms with Crippen LogP contribution in [-0.2, 0) is 0 Å². The fourth-order valence-corrected chi connectivity index (χ4v) is 0.987. The zero-order valence-electron chi connectivity index (χ0n) is 7.61. The van der Waals surface area contributed by atoms with Gasteiger partial charge in [-0.2, -0.15) is 0 Å². The number of benzene rings is 1. The third kappa shape index (κ3) is 2.11. The molecule has 0 heterocycles. The van der Waals surface area contributed by atoms with Crippen LogP contribution in [0.2, 0.25) is 0 Å². The Morgan fingerprint density at radius 1 is 1.54 bits per heavy atom. The number of carbonyl (C=O) groups is 1. The summed E-state index contributed by atoms with van der Waals surface area (Å²) in [7, 11) is 3.19. The van der Waals surface area contributed by atoms with Crippen LogP contribution in [0.15, 0.2) is 24.3 Å². The van der Waals surface area contributed by atoms with Crippen molar-refractivity contribution in [3.8, 4) is 5.75 Å². The molecule has 4 nitrogen and oxygen atoms in total. The maximum atomic E-state index is 11.2. The molecule has 2 amide bonds. The number of phenols is 1. The van der Waals surface area contributed by atoms with E-state index in [1.165, 1.54) is 11.0 Å². The number of hydrogen-bond acceptors (Lipinski definition) is 2. The number of urea groups is 1. The molecule has 0 saturated carbocycles. The van der Waals surface area contributed by atoms with Gasteiger partial charge in [0.05, 0.1) is 0 Å². The van der Waals surface area contributed by atoms with Crippen molar-refractivity contribution >= 4 is 11.7 Å². The lowest BCUT2D eigenvalue weighted by molar-refractivity contribution is 0.249. The molecule has 0 fully saturated rings. The van der Waals surface area contributed by atoms with E-state index in [1.54, 1.807) is 32.3 Å². The van der Waals surface area contributed by atoms with Gasteiger partial charge in [0.2, 0.25) is 0 Å². The van der Waals surface area contributed by atoms with E-state index >= 15 is 0 Å². The highest BCUT2D eigenvalue weighted by Crippen LogP contribution is 2.18. The molecular weight excluding hydrogens is 168 g/mol. The molecule has 2 N–H and O–H groups in total. The van der Waals surface area contributed by atoms with Gasteiger partial charge >= 0.3 is 6.03 Å². The lowest BCUT2D eigenvalue weighted by atomic mass is 10.3. The molecule has 0 aromatic heterocycles. The van der Waals surface area contributed by atoms with Crippen LogP contribution >= 0.6 is 0 Å². The maximum Gasteiger partial charge on any atom is 0.321 e. The van der Waals surface area contributed by atoms with Crippen LogP contribution < -0.4 is 10.2 Å². The monoisotopic (exact) mass is 180 g/mol. The van der Waals surface area contributed by atoms with Crippen molar-refractivity contribution in [3.63, 3.8) is 0 Å². The number of anilines is 1. The average molecular weight is 180 g/mol. The van der Waals surface area contributed by atoms with Crippen molar-refractivity contribution in [2.45, 2.75) is 0 Å². The summed E-state index contributed by atoms with van der Waals surface area (Å²) < 4.78 is 0. The van der Waals surface area contributed by atoms with Crippen molar-refractivity contribution in [2.24, 2.45) is 0 Å². The molecule has 4 heteroatoms. The Bertz CT molecular complexity index is 312. The number of aromatic hydroxyl groups is 1. The standard InChI is InChI=1S/C9H12N2O2/c1-10-9(13)11(2)7-4-3-5-8(12)6-7/h3-6,12H,1-2H3,(H,10,13). The molecule has 0 atom stereocenters. The predicted molar refractivity (Wildman–Crippen MR) is 51.0 cm³/mol. The molecule has 1 rings (SSSR count). The third-order valence-corrected chi connectivity index (χ3v) is 1.74. The van der Waals surface area contributed by atoms with Crippen molar-refractivity contribution in [3.05, 3.63) is 24.3 Å². The normalized spacial score (nSPS) is 9.38. The highest BCUT2D eigenvalue weighted by Gasteiger charge is 2.07. The zero-order chi connectivity index (χ0) is 9.84. The van der Waals surface area contributed by atoms with Crippen molar-refractivity contribution in [1.82, 2.24) is 5.32 Å². The van der Waals surface area contributed by atoms with Gasteiger partial charge in [-0.3, -0.25) is 4.90 Å². The van der Waals surface area contributed by atoms with Crippen LogP contribution in [0, 0.1) is 0 Å². The Kier molecular flexibility index (Phi) is 2.74. The lowest BCUT2D eigenvalue weighted by Crippen LogP contribution is -2.34. The molecule has 0 bridgehead atoms. The minimum Gasteiger partial charge on any atom is -0.508 e. The summed E-state index contributed by atoms with van der Waals surface area (Å²) in [5.74, 6) is 0.147. The van der Waals surface area contributed by atoms with Gasteiger partial charge in [-0.25, -0.2) is 4.79 Å². The first-order valence-corrected chi connectivity index (χ1v) is 3.89. The van der Waals surface area contributed by atoms with E-state index in [0.29, 0.717) is 5.69 Å². The van der Waals surface area contributed by atoms with Gasteiger partial charge in [0, 0.05) is 25.8 Å². The second-order valence-corrected chi connectivity index (χ2v) is 2.63. The topological polar surface area (TPSA) is 52.6 Å². The largest absolute Gasteiger partial charge is 0.508 e. The van der Waals surface area contributed by atoms with E-state index in [-0.39, 0.29) is 11.8 Å². The fraction of sp³-hybridized carbons (Fsp3) is 0.222. The molecule has 1 aromatic rings. The molecule has 1 aromatic carbocycles. The van der Waals surface area contributed by atoms with Gasteiger partial charge in [-0.05, 0) is 12.1 Å². The molecular formula is C9H12N2O2. The quantitative estimate of drug-likeness (QED) is 0.681. The van der Waals surface area contributed by atoms with Crippen LogP contribution in [0.5, 0.6) is 5.75 Å². The molecule has 70 valence electrons. The van der Waals surface area contributed by atoms with E-state index in [0.717, 1.165) is 0 Å². The zero-order valence-corrected chi connectivity index (χ0v) is 7.61. The van der Waals surface area contributed by atoms with Crippen molar-refractivity contribution < 1.29 is 9.90 Å². The Balaban J connectivity index is 2.88. The van der Waals surface area contributed by atoms with Crippen molar-refractivity contribution in [1.29, 1.82) is 0 Å². The summed E-state index contributed by atoms with van der Waals surface area (Å²) in [6, 6.07) is 6.29. The van der Waals surface area contributed by atoms with Gasteiger partial charge in [0.25, 0.3) is 0 Å². The van der Waals surface area contributed by atoms with Crippen molar-refractivity contribution in [2.75, 3.05) is 19.0 Å². The number of nitrogens with one attached hydrogen (secondary N) is 1. The first-order chi connectivity index (χ1) is 6.15. The SMILES string of the molecule is CNC(=O)N(C)c1cccc(O)c1. The summed E-state index contributed by atoms with van der Waals surface area (Å²) in [5, 5.41) is 11.6. The van der Waals surface area contributed by atoms with E-state index in [2.05, 4.69) is 5.32 Å². The first-order valence-electron chi connectivity index (χ1n) is 3.89. The highest BCUT2D eigenvalue weighted by atomic mass is 16.3. The van der Waals surface area contributed by atoms with Crippen LogP contribution in [0.4, 0.5) is 10.5 Å². The summed E-state index contributed by atoms with van der Waals surface area (Å²) in [6.07, 6.45) is 0. The molecule has 0 aliphatic heterocycles. The second-order valence-electron chi connectivity index (χ2n) is 2.63. The molecule has 0 unspecified atom stereocenters. The van der Waals surface area contributed by atoms with Crippen LogP contribution in [0.25, 0.3) is 0 Å². The van der Waals surface area contributed by atoms with Crippen LogP contribution in [0.1, 0.15) is 0 Å². The second kappa shape index (κ2) is 3.80. The maximum absolute atomic E-state index is 11.2. The first kappa shape index (κ1) is 9.38. The molecule has 0 spiro atoms. The van der Waals surface area contributed by atoms with Gasteiger partial charge in [-0.15, -0.1) is 0 Å². The van der Waals surface area contributed by atoms with E-state index in [9.17, 15) is 4.79 Å². The van der Waals surface area contributed by atoms with E-state index in [4.69, 9.17) is 5.11 Å². The number of phenolic OH excluding ortho intramolecular Hbond substituents is 1. The highest BCUT2D eigenvalue weighted by molar-refractivity contribution is 5.91. The Morgan fingerprint density at radius 3 is 2.77 bits per heavy atom. The average Bonchev–Trinajstić information content (AvgIpc) is 2.15. The van der Waals surface area contributed by atoms with Gasteiger partial charge < -0.3 is 10.4 Å². The number of rotatable bonds is 1. The summed E-state index contributed by atoms with van der Waals surface area (Å²) in [6.45, 7) is 0. The molecule has 13 heavy (non-hydrogen) atoms.